The van der Waals surface area contributed by atoms with Gasteiger partial charge in [-0.1, -0.05) is 5.57 Å². The highest BCUT2D eigenvalue weighted by Crippen LogP contribution is 2.01. The van der Waals surface area contributed by atoms with E-state index < -0.39 is 11.9 Å². The molecule has 0 saturated carbocycles. The average Bonchev–Trinajstić information content (AvgIpc) is 1.82. The molecule has 0 bridgehead atoms. The molecule has 0 atom stereocenters. The fourth-order valence-electron chi connectivity index (χ4n) is 0.527. The lowest BCUT2D eigenvalue weighted by atomic mass is 10.2. The van der Waals surface area contributed by atoms with Crippen molar-refractivity contribution in [3.05, 3.63) is 12.2 Å². The molecule has 62 valence electrons. The molecule has 0 aliphatic rings. The Hall–Kier alpha value is -1.12. The van der Waals surface area contributed by atoms with Crippen LogP contribution in [-0.4, -0.2) is 11.9 Å². The van der Waals surface area contributed by atoms with Crippen molar-refractivity contribution in [3.63, 3.8) is 0 Å². The summed E-state index contributed by atoms with van der Waals surface area (Å²) in [7, 11) is 0. The summed E-state index contributed by atoms with van der Waals surface area (Å²) in [5.41, 5.74) is 0.908. The van der Waals surface area contributed by atoms with Gasteiger partial charge in [-0.15, -0.1) is 6.58 Å². The van der Waals surface area contributed by atoms with Crippen LogP contribution >= 0.6 is 0 Å². The van der Waals surface area contributed by atoms with Crippen molar-refractivity contribution < 1.29 is 14.3 Å². The van der Waals surface area contributed by atoms with E-state index in [9.17, 15) is 9.59 Å². The van der Waals surface area contributed by atoms with Crippen LogP contribution < -0.4 is 0 Å². The van der Waals surface area contributed by atoms with Gasteiger partial charge in [-0.05, 0) is 13.3 Å². The Balaban J connectivity index is 3.53. The van der Waals surface area contributed by atoms with Gasteiger partial charge in [0.25, 0.3) is 0 Å². The molecule has 0 unspecified atom stereocenters. The summed E-state index contributed by atoms with van der Waals surface area (Å²) < 4.78 is 4.28. The fourth-order valence-corrected chi connectivity index (χ4v) is 0.527. The van der Waals surface area contributed by atoms with Crippen LogP contribution in [0.1, 0.15) is 26.7 Å². The van der Waals surface area contributed by atoms with Gasteiger partial charge in [-0.3, -0.25) is 9.59 Å². The van der Waals surface area contributed by atoms with Crippen LogP contribution in [0.25, 0.3) is 0 Å². The van der Waals surface area contributed by atoms with Crippen LogP contribution in [0.5, 0.6) is 0 Å². The van der Waals surface area contributed by atoms with Gasteiger partial charge in [-0.25, -0.2) is 0 Å². The lowest BCUT2D eigenvalue weighted by Crippen LogP contribution is -2.08. The molecule has 0 N–H and O–H groups in total. The highest BCUT2D eigenvalue weighted by Gasteiger charge is 2.04. The smallest absolute Gasteiger partial charge is 0.313 e. The Bertz CT molecular complexity index is 182. The number of carbonyl (C=O) groups excluding carboxylic acids is 2. The highest BCUT2D eigenvalue weighted by molar-refractivity contribution is 5.84. The summed E-state index contributed by atoms with van der Waals surface area (Å²) in [5.74, 6) is -1.04. The van der Waals surface area contributed by atoms with E-state index in [2.05, 4.69) is 11.3 Å². The zero-order chi connectivity index (χ0) is 8.85. The van der Waals surface area contributed by atoms with E-state index in [0.29, 0.717) is 6.42 Å². The van der Waals surface area contributed by atoms with E-state index in [1.54, 1.807) is 0 Å². The number of hydrogen-bond donors (Lipinski definition) is 0. The minimum absolute atomic E-state index is 0.231. The number of hydrogen-bond acceptors (Lipinski definition) is 3. The zero-order valence-corrected chi connectivity index (χ0v) is 6.85. The summed E-state index contributed by atoms with van der Waals surface area (Å²) in [6, 6.07) is 0. The minimum atomic E-state index is -0.559. The van der Waals surface area contributed by atoms with Gasteiger partial charge in [0.2, 0.25) is 0 Å². The SMILES string of the molecule is C=C(C)CCC(=O)OC(C)=O. The first kappa shape index (κ1) is 9.88. The number of allylic oxidation sites excluding steroid dienone is 1. The van der Waals surface area contributed by atoms with E-state index in [0.717, 1.165) is 5.57 Å². The molecule has 3 heteroatoms. The third kappa shape index (κ3) is 6.77. The first-order valence-corrected chi connectivity index (χ1v) is 3.38. The molecular formula is C8H12O3. The molecule has 3 nitrogen and oxygen atoms in total. The lowest BCUT2D eigenvalue weighted by molar-refractivity contribution is -0.157. The topological polar surface area (TPSA) is 43.4 Å². The van der Waals surface area contributed by atoms with Crippen molar-refractivity contribution >= 4 is 11.9 Å². The molecule has 0 aromatic rings. The molecule has 0 fully saturated rings. The highest BCUT2D eigenvalue weighted by atomic mass is 16.6. The first-order chi connectivity index (χ1) is 5.02. The molecule has 0 radical (unpaired) electrons. The van der Waals surface area contributed by atoms with Crippen LogP contribution in [0.15, 0.2) is 12.2 Å². The van der Waals surface area contributed by atoms with E-state index in [4.69, 9.17) is 0 Å². The number of rotatable bonds is 3. The molecule has 0 aliphatic heterocycles. The van der Waals surface area contributed by atoms with Gasteiger partial charge in [0.05, 0.1) is 0 Å². The first-order valence-electron chi connectivity index (χ1n) is 3.38. The van der Waals surface area contributed by atoms with E-state index in [1.807, 2.05) is 6.92 Å². The summed E-state index contributed by atoms with van der Waals surface area (Å²) in [6.45, 7) is 6.64. The Morgan fingerprint density at radius 2 is 1.82 bits per heavy atom. The van der Waals surface area contributed by atoms with Gasteiger partial charge in [0.15, 0.2) is 0 Å². The average molecular weight is 156 g/mol. The monoisotopic (exact) mass is 156 g/mol. The standard InChI is InChI=1S/C8H12O3/c1-6(2)4-5-8(10)11-7(3)9/h1,4-5H2,2-3H3. The van der Waals surface area contributed by atoms with Crippen LogP contribution in [0.3, 0.4) is 0 Å². The third-order valence-corrected chi connectivity index (χ3v) is 1.01. The second kappa shape index (κ2) is 4.66. The second-order valence-corrected chi connectivity index (χ2v) is 2.42. The quantitative estimate of drug-likeness (QED) is 0.352. The van der Waals surface area contributed by atoms with Crippen LogP contribution in [0, 0.1) is 0 Å². The summed E-state index contributed by atoms with van der Waals surface area (Å²) in [4.78, 5) is 20.9. The summed E-state index contributed by atoms with van der Waals surface area (Å²) >= 11 is 0. The molecule has 0 aliphatic carbocycles. The molecule has 0 aromatic carbocycles. The van der Waals surface area contributed by atoms with Gasteiger partial charge < -0.3 is 4.74 Å². The number of esters is 2. The molecule has 0 saturated heterocycles. The summed E-state index contributed by atoms with van der Waals surface area (Å²) in [5, 5.41) is 0. The maximum Gasteiger partial charge on any atom is 0.313 e. The molecule has 0 spiro atoms. The van der Waals surface area contributed by atoms with E-state index >= 15 is 0 Å². The van der Waals surface area contributed by atoms with E-state index in [-0.39, 0.29) is 6.42 Å². The van der Waals surface area contributed by atoms with Gasteiger partial charge in [-0.2, -0.15) is 0 Å². The normalized spacial score (nSPS) is 8.91. The molecule has 0 rings (SSSR count). The number of carbonyl (C=O) groups is 2. The second-order valence-electron chi connectivity index (χ2n) is 2.42. The lowest BCUT2D eigenvalue weighted by Gasteiger charge is -1.98. The van der Waals surface area contributed by atoms with Crippen molar-refractivity contribution in [2.75, 3.05) is 0 Å². The predicted molar refractivity (Wildman–Crippen MR) is 40.8 cm³/mol. The third-order valence-electron chi connectivity index (χ3n) is 1.01. The van der Waals surface area contributed by atoms with Gasteiger partial charge in [0.1, 0.15) is 0 Å². The van der Waals surface area contributed by atoms with Crippen molar-refractivity contribution in [2.45, 2.75) is 26.7 Å². The van der Waals surface area contributed by atoms with Crippen molar-refractivity contribution in [1.29, 1.82) is 0 Å². The summed E-state index contributed by atoms with van der Waals surface area (Å²) in [6.07, 6.45) is 0.807. The maximum absolute atomic E-state index is 10.7. The van der Waals surface area contributed by atoms with Gasteiger partial charge in [0, 0.05) is 13.3 Å². The van der Waals surface area contributed by atoms with Crippen molar-refractivity contribution in [1.82, 2.24) is 0 Å². The molecule has 0 heterocycles. The molecular weight excluding hydrogens is 144 g/mol. The number of ether oxygens (including phenoxy) is 1. The Labute approximate surface area is 66.0 Å². The molecule has 0 aromatic heterocycles. The molecule has 11 heavy (non-hydrogen) atoms. The van der Waals surface area contributed by atoms with Crippen LogP contribution in [0.4, 0.5) is 0 Å². The fraction of sp³-hybridized carbons (Fsp3) is 0.500. The minimum Gasteiger partial charge on any atom is -0.393 e. The predicted octanol–water partition coefficient (Wildman–Crippen LogP) is 1.43. The van der Waals surface area contributed by atoms with Crippen molar-refractivity contribution in [3.8, 4) is 0 Å². The van der Waals surface area contributed by atoms with Crippen molar-refractivity contribution in [2.24, 2.45) is 0 Å². The van der Waals surface area contributed by atoms with Crippen LogP contribution in [-0.2, 0) is 14.3 Å². The maximum atomic E-state index is 10.7. The Kier molecular flexibility index (Phi) is 4.18. The Morgan fingerprint density at radius 3 is 2.18 bits per heavy atom. The zero-order valence-electron chi connectivity index (χ0n) is 6.85. The Morgan fingerprint density at radius 1 is 1.27 bits per heavy atom. The van der Waals surface area contributed by atoms with Crippen LogP contribution in [0.2, 0.25) is 0 Å². The van der Waals surface area contributed by atoms with E-state index in [1.165, 1.54) is 6.92 Å². The molecule has 0 amide bonds. The van der Waals surface area contributed by atoms with Gasteiger partial charge >= 0.3 is 11.9 Å². The largest absolute Gasteiger partial charge is 0.393 e.